The number of rotatable bonds is 6. The fourth-order valence-electron chi connectivity index (χ4n) is 3.11. The lowest BCUT2D eigenvalue weighted by atomic mass is 9.89. The number of nitrogens with zero attached hydrogens (tertiary/aromatic N) is 3. The molecule has 0 aliphatic carbocycles. The van der Waals surface area contributed by atoms with Crippen molar-refractivity contribution in [1.82, 2.24) is 14.7 Å². The van der Waals surface area contributed by atoms with E-state index in [0.29, 0.717) is 0 Å². The Morgan fingerprint density at radius 2 is 1.22 bits per heavy atom. The van der Waals surface area contributed by atoms with Gasteiger partial charge in [0.15, 0.2) is 0 Å². The molecule has 0 bridgehead atoms. The molecule has 2 N–H and O–H groups in total. The van der Waals surface area contributed by atoms with Gasteiger partial charge in [-0.15, -0.1) is 0 Å². The largest absolute Gasteiger partial charge is 0.391 e. The minimum absolute atomic E-state index is 0.0640. The summed E-state index contributed by atoms with van der Waals surface area (Å²) in [5.74, 6) is 0. The van der Waals surface area contributed by atoms with Gasteiger partial charge in [-0.2, -0.15) is 0 Å². The highest BCUT2D eigenvalue weighted by molar-refractivity contribution is 4.81. The van der Waals surface area contributed by atoms with Gasteiger partial charge in [0.25, 0.3) is 0 Å². The van der Waals surface area contributed by atoms with Crippen molar-refractivity contribution in [3.63, 3.8) is 0 Å². The lowest BCUT2D eigenvalue weighted by molar-refractivity contribution is -0.00723. The van der Waals surface area contributed by atoms with E-state index in [-0.39, 0.29) is 17.6 Å². The van der Waals surface area contributed by atoms with E-state index in [9.17, 15) is 10.2 Å². The van der Waals surface area contributed by atoms with Gasteiger partial charge in [0.05, 0.1) is 25.4 Å². The molecular weight excluding hydrogens is 294 g/mol. The fraction of sp³-hybridized carbons (Fsp3) is 1.00. The first-order valence-corrected chi connectivity index (χ1v) is 8.95. The summed E-state index contributed by atoms with van der Waals surface area (Å²) in [5.41, 5.74) is -0.0640. The van der Waals surface area contributed by atoms with Crippen molar-refractivity contribution in [3.05, 3.63) is 0 Å². The maximum atomic E-state index is 10.3. The number of β-amino-alcohol motifs (C(OH)–C–C–N with tert-alkyl or cyclic N) is 2. The number of piperazine rings is 1. The van der Waals surface area contributed by atoms with Gasteiger partial charge in [-0.25, -0.2) is 0 Å². The topological polar surface area (TPSA) is 59.4 Å². The van der Waals surface area contributed by atoms with Gasteiger partial charge in [-0.05, 0) is 5.41 Å². The van der Waals surface area contributed by atoms with Crippen LogP contribution in [-0.2, 0) is 4.74 Å². The van der Waals surface area contributed by atoms with Crippen LogP contribution in [0.15, 0.2) is 0 Å². The minimum Gasteiger partial charge on any atom is -0.391 e. The summed E-state index contributed by atoms with van der Waals surface area (Å²) < 4.78 is 5.34. The molecule has 2 saturated heterocycles. The predicted molar refractivity (Wildman–Crippen MR) is 91.6 cm³/mol. The number of aliphatic hydroxyl groups is 2. The van der Waals surface area contributed by atoms with Crippen molar-refractivity contribution in [2.45, 2.75) is 33.0 Å². The zero-order chi connectivity index (χ0) is 16.9. The van der Waals surface area contributed by atoms with Crippen molar-refractivity contribution in [1.29, 1.82) is 0 Å². The first-order valence-electron chi connectivity index (χ1n) is 8.95. The minimum atomic E-state index is -0.292. The lowest BCUT2D eigenvalue weighted by Crippen LogP contribution is -2.52. The Bertz CT molecular complexity index is 334. The molecule has 136 valence electrons. The number of hydrogen-bond donors (Lipinski definition) is 2. The van der Waals surface area contributed by atoms with E-state index in [1.54, 1.807) is 0 Å². The smallest absolute Gasteiger partial charge is 0.0793 e. The van der Waals surface area contributed by atoms with Crippen molar-refractivity contribution in [3.8, 4) is 0 Å². The molecule has 0 aromatic carbocycles. The molecule has 2 fully saturated rings. The quantitative estimate of drug-likeness (QED) is 0.698. The molecule has 2 heterocycles. The molecule has 6 nitrogen and oxygen atoms in total. The van der Waals surface area contributed by atoms with Gasteiger partial charge < -0.3 is 14.9 Å². The van der Waals surface area contributed by atoms with E-state index >= 15 is 0 Å². The number of aliphatic hydroxyl groups excluding tert-OH is 2. The highest BCUT2D eigenvalue weighted by atomic mass is 16.5. The fourth-order valence-corrected chi connectivity index (χ4v) is 3.11. The van der Waals surface area contributed by atoms with Gasteiger partial charge >= 0.3 is 0 Å². The lowest BCUT2D eigenvalue weighted by Gasteiger charge is -2.39. The van der Waals surface area contributed by atoms with Crippen LogP contribution < -0.4 is 0 Å². The van der Waals surface area contributed by atoms with Gasteiger partial charge in [-0.3, -0.25) is 14.7 Å². The Labute approximate surface area is 141 Å². The van der Waals surface area contributed by atoms with E-state index in [1.165, 1.54) is 0 Å². The molecule has 2 rings (SSSR count). The summed E-state index contributed by atoms with van der Waals surface area (Å²) in [6.07, 6.45) is -0.583. The van der Waals surface area contributed by atoms with Crippen LogP contribution in [0, 0.1) is 5.41 Å². The second-order valence-corrected chi connectivity index (χ2v) is 8.05. The average molecular weight is 329 g/mol. The van der Waals surface area contributed by atoms with Crippen LogP contribution in [0.25, 0.3) is 0 Å². The third-order valence-corrected chi connectivity index (χ3v) is 4.94. The summed E-state index contributed by atoms with van der Waals surface area (Å²) >= 11 is 0. The highest BCUT2D eigenvalue weighted by Gasteiger charge is 2.27. The predicted octanol–water partition coefficient (Wildman–Crippen LogP) is -0.296. The molecule has 0 unspecified atom stereocenters. The van der Waals surface area contributed by atoms with E-state index < -0.39 is 0 Å². The molecule has 0 aromatic rings. The summed E-state index contributed by atoms with van der Waals surface area (Å²) in [6, 6.07) is 0. The van der Waals surface area contributed by atoms with Gasteiger partial charge in [0.1, 0.15) is 0 Å². The van der Waals surface area contributed by atoms with Crippen LogP contribution >= 0.6 is 0 Å². The van der Waals surface area contributed by atoms with E-state index in [1.807, 2.05) is 0 Å². The van der Waals surface area contributed by atoms with E-state index in [4.69, 9.17) is 4.74 Å². The molecule has 0 aromatic heterocycles. The van der Waals surface area contributed by atoms with Crippen LogP contribution in [0.1, 0.15) is 20.8 Å². The molecule has 2 atom stereocenters. The number of morpholine rings is 1. The number of hydrogen-bond acceptors (Lipinski definition) is 6. The molecular formula is C17H35N3O3. The maximum absolute atomic E-state index is 10.3. The van der Waals surface area contributed by atoms with Crippen molar-refractivity contribution < 1.29 is 14.9 Å². The third kappa shape index (κ3) is 6.64. The normalized spacial score (nSPS) is 25.4. The Balaban J connectivity index is 1.64. The zero-order valence-electron chi connectivity index (χ0n) is 15.1. The maximum Gasteiger partial charge on any atom is 0.0793 e. The third-order valence-electron chi connectivity index (χ3n) is 4.94. The Morgan fingerprint density at radius 3 is 1.70 bits per heavy atom. The molecule has 6 heteroatoms. The molecule has 23 heavy (non-hydrogen) atoms. The van der Waals surface area contributed by atoms with Gasteiger partial charge in [0, 0.05) is 58.9 Å². The Hall–Kier alpha value is -0.240. The van der Waals surface area contributed by atoms with Crippen LogP contribution in [-0.4, -0.2) is 109 Å². The van der Waals surface area contributed by atoms with Crippen LogP contribution in [0.3, 0.4) is 0 Å². The summed E-state index contributed by atoms with van der Waals surface area (Å²) in [6.45, 7) is 15.8. The van der Waals surface area contributed by atoms with Crippen LogP contribution in [0.5, 0.6) is 0 Å². The van der Waals surface area contributed by atoms with Crippen LogP contribution in [0.2, 0.25) is 0 Å². The summed E-state index contributed by atoms with van der Waals surface area (Å²) in [5, 5.41) is 20.5. The number of ether oxygens (including phenoxy) is 1. The van der Waals surface area contributed by atoms with Crippen LogP contribution in [0.4, 0.5) is 0 Å². The average Bonchev–Trinajstić information content (AvgIpc) is 2.49. The van der Waals surface area contributed by atoms with Crippen molar-refractivity contribution >= 4 is 0 Å². The molecule has 0 saturated carbocycles. The highest BCUT2D eigenvalue weighted by Crippen LogP contribution is 2.20. The monoisotopic (exact) mass is 329 g/mol. The zero-order valence-corrected chi connectivity index (χ0v) is 15.1. The van der Waals surface area contributed by atoms with Gasteiger partial charge in [-0.1, -0.05) is 20.8 Å². The Morgan fingerprint density at radius 1 is 0.783 bits per heavy atom. The van der Waals surface area contributed by atoms with E-state index in [2.05, 4.69) is 35.5 Å². The first kappa shape index (κ1) is 19.1. The Kier molecular flexibility index (Phi) is 7.25. The summed E-state index contributed by atoms with van der Waals surface area (Å²) in [4.78, 5) is 6.95. The molecule has 0 radical (unpaired) electrons. The summed E-state index contributed by atoms with van der Waals surface area (Å²) in [7, 11) is 0. The first-order chi connectivity index (χ1) is 10.8. The molecule has 0 spiro atoms. The van der Waals surface area contributed by atoms with Crippen molar-refractivity contribution in [2.24, 2.45) is 5.41 Å². The van der Waals surface area contributed by atoms with E-state index in [0.717, 1.165) is 72.1 Å². The molecule has 0 amide bonds. The van der Waals surface area contributed by atoms with Gasteiger partial charge in [0.2, 0.25) is 0 Å². The SMILES string of the molecule is CC(C)(C)[C@H](O)CN1CCN(C[C@H](O)CN2CCOCC2)CC1. The van der Waals surface area contributed by atoms with Crippen molar-refractivity contribution in [2.75, 3.05) is 72.1 Å². The second kappa shape index (κ2) is 8.74. The molecule has 2 aliphatic heterocycles. The second-order valence-electron chi connectivity index (χ2n) is 8.05. The standard InChI is InChI=1S/C17H35N3O3/c1-17(2,3)16(22)14-19-6-4-18(5-7-19)12-15(21)13-20-8-10-23-11-9-20/h15-16,21-22H,4-14H2,1-3H3/t15-,16+/m0/s1. The molecule has 2 aliphatic rings.